The van der Waals surface area contributed by atoms with E-state index in [1.54, 1.807) is 12.3 Å². The van der Waals surface area contributed by atoms with Crippen LogP contribution >= 0.6 is 0 Å². The van der Waals surface area contributed by atoms with E-state index in [-0.39, 0.29) is 31.9 Å². The minimum absolute atomic E-state index is 0. The number of nitrogens with zero attached hydrogens (tertiary/aromatic N) is 5. The van der Waals surface area contributed by atoms with Crippen molar-refractivity contribution in [1.29, 1.82) is 5.26 Å². The normalized spacial score (nSPS) is 12.2. The van der Waals surface area contributed by atoms with Crippen molar-refractivity contribution in [1.82, 2.24) is 14.1 Å². The molecular weight excluding hydrogens is 906 g/mol. The molecule has 292 valence electrons. The number of nitriles is 1. The van der Waals surface area contributed by atoms with Crippen molar-refractivity contribution >= 4 is 54.8 Å². The molecule has 0 aliphatic rings. The summed E-state index contributed by atoms with van der Waals surface area (Å²) < 4.78 is 12.8. The van der Waals surface area contributed by atoms with Gasteiger partial charge in [-0.3, -0.25) is 4.57 Å². The molecule has 0 bridgehead atoms. The third-order valence-corrected chi connectivity index (χ3v) is 11.3. The van der Waals surface area contributed by atoms with Gasteiger partial charge < -0.3 is 13.6 Å². The number of furan rings is 1. The van der Waals surface area contributed by atoms with Gasteiger partial charge in [0.15, 0.2) is 5.58 Å². The van der Waals surface area contributed by atoms with Crippen molar-refractivity contribution < 1.29 is 30.0 Å². The van der Waals surface area contributed by atoms with E-state index in [0.29, 0.717) is 23.2 Å². The summed E-state index contributed by atoms with van der Waals surface area (Å²) in [5, 5.41) is 13.8. The van der Waals surface area contributed by atoms with Crippen molar-refractivity contribution in [2.45, 2.75) is 58.8 Å². The molecule has 59 heavy (non-hydrogen) atoms. The Morgan fingerprint density at radius 2 is 1.41 bits per heavy atom. The Kier molecular flexibility index (Phi) is 9.22. The molecule has 0 aliphatic heterocycles. The monoisotopic (exact) mass is 946 g/mol. The van der Waals surface area contributed by atoms with E-state index < -0.39 is 0 Å². The van der Waals surface area contributed by atoms with Crippen LogP contribution in [0.3, 0.4) is 0 Å². The molecule has 0 aliphatic carbocycles. The molecular formula is C52H41N5OPt-2. The summed E-state index contributed by atoms with van der Waals surface area (Å²) in [6.07, 6.45) is 6.13. The number of aromatic nitrogens is 4. The van der Waals surface area contributed by atoms with Crippen LogP contribution in [0.15, 0.2) is 132 Å². The number of pyridine rings is 1. The molecule has 0 fully saturated rings. The van der Waals surface area contributed by atoms with E-state index in [1.165, 1.54) is 11.1 Å². The van der Waals surface area contributed by atoms with Crippen LogP contribution in [0, 0.1) is 29.8 Å². The van der Waals surface area contributed by atoms with Crippen LogP contribution in [0.25, 0.3) is 72.0 Å². The Bertz CT molecular complexity index is 3280. The van der Waals surface area contributed by atoms with E-state index in [1.807, 2.05) is 18.2 Å². The molecule has 7 heteroatoms. The second-order valence-corrected chi connectivity index (χ2v) is 17.3. The second-order valence-electron chi connectivity index (χ2n) is 17.3. The van der Waals surface area contributed by atoms with Crippen LogP contribution in [0.2, 0.25) is 0 Å². The maximum atomic E-state index is 9.85. The average Bonchev–Trinajstić information content (AvgIpc) is 3.90. The molecule has 0 radical (unpaired) electrons. The number of para-hydroxylation sites is 4. The molecule has 0 amide bonds. The summed E-state index contributed by atoms with van der Waals surface area (Å²) in [6.45, 7) is 13.6. The van der Waals surface area contributed by atoms with Crippen molar-refractivity contribution in [3.05, 3.63) is 174 Å². The van der Waals surface area contributed by atoms with E-state index in [4.69, 9.17) is 9.40 Å². The van der Waals surface area contributed by atoms with Gasteiger partial charge in [-0.2, -0.15) is 58.9 Å². The van der Waals surface area contributed by atoms with E-state index in [9.17, 15) is 5.26 Å². The Hall–Kier alpha value is -6.28. The first-order chi connectivity index (χ1) is 28.0. The van der Waals surface area contributed by atoms with Crippen LogP contribution in [-0.2, 0) is 38.3 Å². The fourth-order valence-electron chi connectivity index (χ4n) is 8.22. The third kappa shape index (κ3) is 6.46. The molecule has 6 nitrogen and oxygen atoms in total. The van der Waals surface area contributed by atoms with Gasteiger partial charge in [0.25, 0.3) is 6.33 Å². The Labute approximate surface area is 358 Å². The summed E-state index contributed by atoms with van der Waals surface area (Å²) in [5.74, 6) is 0.741. The van der Waals surface area contributed by atoms with Gasteiger partial charge in [0.1, 0.15) is 17.5 Å². The first-order valence-electron chi connectivity index (χ1n) is 19.7. The van der Waals surface area contributed by atoms with Crippen LogP contribution < -0.4 is 4.57 Å². The standard InChI is InChI=1S/C52H41N5O.Pt/c1-51(2,3)36-28-37(52(4,5)6)30-39(29-36)56-32-55(44-19-9-10-20-45(44)56)38-15-11-13-33(26-38)25-34-21-22-41-40-16-7-8-18-43(40)57(46(41)27-34)50-48-42-17-12-14-35(31-53)49(42)58-47(48)23-24-54-50;/h7-24,28-30H,25H2,1-6H3;/q-2;. The van der Waals surface area contributed by atoms with Gasteiger partial charge in [-0.25, -0.2) is 4.98 Å². The zero-order chi connectivity index (χ0) is 39.9. The maximum Gasteiger partial charge on any atom is 0.268 e. The summed E-state index contributed by atoms with van der Waals surface area (Å²) in [4.78, 5) is 4.95. The minimum Gasteiger partial charge on any atom is -0.454 e. The van der Waals surface area contributed by atoms with Crippen molar-refractivity contribution in [2.75, 3.05) is 0 Å². The fourth-order valence-corrected chi connectivity index (χ4v) is 8.22. The summed E-state index contributed by atoms with van der Waals surface area (Å²) in [5.41, 5.74) is 12.5. The fraction of sp³-hybridized carbons (Fsp3) is 0.173. The Morgan fingerprint density at radius 3 is 2.17 bits per heavy atom. The van der Waals surface area contributed by atoms with Crippen LogP contribution in [0.5, 0.6) is 0 Å². The SMILES string of the molecule is CC(C)(C)c1cc(-[n+]2[c-]n(-c3[c-]c(Cc4[c-]c5c(cc4)c4ccccc4n5-c4nccc5oc6c(C#N)cccc6c45)ccc3)c3ccccc32)cc(C(C)(C)C)c1.[Pt]. The van der Waals surface area contributed by atoms with Gasteiger partial charge in [-0.05, 0) is 69.8 Å². The van der Waals surface area contributed by atoms with Gasteiger partial charge in [0.2, 0.25) is 0 Å². The third-order valence-electron chi connectivity index (χ3n) is 11.3. The van der Waals surface area contributed by atoms with Crippen molar-refractivity contribution in [2.24, 2.45) is 0 Å². The first kappa shape index (κ1) is 38.2. The molecule has 0 unspecified atom stereocenters. The topological polar surface area (TPSA) is 63.6 Å². The molecule has 0 N–H and O–H groups in total. The summed E-state index contributed by atoms with van der Waals surface area (Å²) >= 11 is 0. The molecule has 4 heterocycles. The smallest absolute Gasteiger partial charge is 0.268 e. The molecule has 0 saturated heterocycles. The van der Waals surface area contributed by atoms with Gasteiger partial charge in [-0.1, -0.05) is 108 Å². The Morgan fingerprint density at radius 1 is 0.712 bits per heavy atom. The van der Waals surface area contributed by atoms with E-state index >= 15 is 0 Å². The molecule has 6 aromatic carbocycles. The van der Waals surface area contributed by atoms with Gasteiger partial charge in [0.05, 0.1) is 27.7 Å². The average molecular weight is 947 g/mol. The minimum atomic E-state index is -0.00892. The summed E-state index contributed by atoms with van der Waals surface area (Å²) in [7, 11) is 0. The van der Waals surface area contributed by atoms with Crippen molar-refractivity contribution in [3.8, 4) is 23.3 Å². The zero-order valence-electron chi connectivity index (χ0n) is 33.8. The molecule has 4 aromatic heterocycles. The molecule has 0 atom stereocenters. The van der Waals surface area contributed by atoms with Crippen molar-refractivity contribution in [3.63, 3.8) is 0 Å². The van der Waals surface area contributed by atoms with E-state index in [0.717, 1.165) is 71.9 Å². The number of hydrogen-bond donors (Lipinski definition) is 0. The second kappa shape index (κ2) is 14.2. The maximum absolute atomic E-state index is 9.85. The largest absolute Gasteiger partial charge is 0.454 e. The van der Waals surface area contributed by atoms with Gasteiger partial charge in [-0.15, -0.1) is 5.39 Å². The molecule has 0 saturated carbocycles. The van der Waals surface area contributed by atoms with E-state index in [2.05, 4.69) is 177 Å². The predicted octanol–water partition coefficient (Wildman–Crippen LogP) is 11.8. The number of hydrogen-bond acceptors (Lipinski definition) is 3. The van der Waals surface area contributed by atoms with Gasteiger partial charge >= 0.3 is 0 Å². The molecule has 10 aromatic rings. The number of imidazole rings is 1. The van der Waals surface area contributed by atoms with Gasteiger partial charge in [0, 0.05) is 38.2 Å². The molecule has 0 spiro atoms. The quantitative estimate of drug-likeness (QED) is 0.128. The number of fused-ring (bicyclic) bond motifs is 7. The predicted molar refractivity (Wildman–Crippen MR) is 232 cm³/mol. The Balaban J connectivity index is 0.00000449. The van der Waals surface area contributed by atoms with Crippen LogP contribution in [0.4, 0.5) is 0 Å². The summed E-state index contributed by atoms with van der Waals surface area (Å²) in [6, 6.07) is 51.9. The van der Waals surface area contributed by atoms with Crippen LogP contribution in [-0.4, -0.2) is 14.1 Å². The number of benzene rings is 6. The molecule has 10 rings (SSSR count). The first-order valence-corrected chi connectivity index (χ1v) is 19.7. The van der Waals surface area contributed by atoms with Crippen LogP contribution in [0.1, 0.15) is 69.4 Å². The zero-order valence-corrected chi connectivity index (χ0v) is 36.1. The number of rotatable bonds is 5.